The van der Waals surface area contributed by atoms with Gasteiger partial charge in [0, 0.05) is 25.8 Å². The molecular weight excluding hydrogens is 384 g/mol. The summed E-state index contributed by atoms with van der Waals surface area (Å²) in [6.07, 6.45) is 3.30. The highest BCUT2D eigenvalue weighted by Gasteiger charge is 2.20. The molecule has 1 N–H and O–H groups in total. The first-order valence-electron chi connectivity index (χ1n) is 11.0. The number of nitrogens with zero attached hydrogens (tertiary/aromatic N) is 2. The normalized spacial score (nSPS) is 15.6. The van der Waals surface area contributed by atoms with E-state index in [1.54, 1.807) is 6.20 Å². The summed E-state index contributed by atoms with van der Waals surface area (Å²) < 4.78 is 5.65. The molecule has 1 unspecified atom stereocenters. The molecule has 1 atom stereocenters. The van der Waals surface area contributed by atoms with Gasteiger partial charge in [0.15, 0.2) is 0 Å². The molecule has 1 fully saturated rings. The number of hydrogen-bond acceptors (Lipinski definition) is 4. The largest absolute Gasteiger partial charge is 0.389 e. The number of piperidine rings is 1. The van der Waals surface area contributed by atoms with Crippen molar-refractivity contribution in [2.45, 2.75) is 25.6 Å². The van der Waals surface area contributed by atoms with E-state index in [2.05, 4.69) is 70.5 Å². The summed E-state index contributed by atoms with van der Waals surface area (Å²) in [6, 6.07) is 27.1. The number of rotatable bonds is 8. The molecule has 4 heteroatoms. The number of β-amino-alcohol motifs (C(OH)–C–C–N with tert-alkyl or cyclic N) is 1. The lowest BCUT2D eigenvalue weighted by molar-refractivity contribution is 0.00787. The van der Waals surface area contributed by atoms with Crippen molar-refractivity contribution in [3.05, 3.63) is 107 Å². The molecular formula is C27H30N2O2. The summed E-state index contributed by atoms with van der Waals surface area (Å²) in [5.41, 5.74) is 6.30. The van der Waals surface area contributed by atoms with Gasteiger partial charge in [0.2, 0.25) is 0 Å². The zero-order valence-corrected chi connectivity index (χ0v) is 17.9. The van der Waals surface area contributed by atoms with Crippen LogP contribution in [-0.2, 0) is 11.3 Å². The Kier molecular flexibility index (Phi) is 7.61. The molecule has 0 amide bonds. The van der Waals surface area contributed by atoms with Gasteiger partial charge in [0.25, 0.3) is 0 Å². The smallest absolute Gasteiger partial charge is 0.0900 e. The number of aliphatic hydroxyl groups excluding tert-OH is 1. The van der Waals surface area contributed by atoms with Crippen LogP contribution in [0.1, 0.15) is 29.7 Å². The lowest BCUT2D eigenvalue weighted by Crippen LogP contribution is -2.38. The van der Waals surface area contributed by atoms with Gasteiger partial charge < -0.3 is 14.7 Å². The molecule has 0 saturated carbocycles. The minimum atomic E-state index is -0.489. The van der Waals surface area contributed by atoms with Crippen LogP contribution in [0.4, 0.5) is 0 Å². The average Bonchev–Trinajstić information content (AvgIpc) is 2.82. The predicted octanol–water partition coefficient (Wildman–Crippen LogP) is 4.56. The van der Waals surface area contributed by atoms with Gasteiger partial charge in [-0.15, -0.1) is 0 Å². The summed E-state index contributed by atoms with van der Waals surface area (Å²) in [5.74, 6) is 0. The highest BCUT2D eigenvalue weighted by molar-refractivity contribution is 5.82. The molecule has 2 aromatic carbocycles. The van der Waals surface area contributed by atoms with Gasteiger partial charge in [-0.2, -0.15) is 0 Å². The Balaban J connectivity index is 1.34. The summed E-state index contributed by atoms with van der Waals surface area (Å²) in [7, 11) is 0. The Hall–Kier alpha value is -2.79. The van der Waals surface area contributed by atoms with Crippen molar-refractivity contribution in [3.8, 4) is 0 Å². The van der Waals surface area contributed by atoms with E-state index in [1.807, 2.05) is 18.2 Å². The van der Waals surface area contributed by atoms with Gasteiger partial charge in [-0.05, 0) is 41.7 Å². The zero-order valence-electron chi connectivity index (χ0n) is 17.9. The van der Waals surface area contributed by atoms with E-state index in [0.29, 0.717) is 19.8 Å². The van der Waals surface area contributed by atoms with Crippen LogP contribution in [-0.4, -0.2) is 47.3 Å². The van der Waals surface area contributed by atoms with Crippen LogP contribution in [0.15, 0.2) is 90.6 Å². The fraction of sp³-hybridized carbons (Fsp3) is 0.296. The molecule has 0 spiro atoms. The molecule has 160 valence electrons. The summed E-state index contributed by atoms with van der Waals surface area (Å²) in [6.45, 7) is 3.31. The van der Waals surface area contributed by atoms with Crippen molar-refractivity contribution in [3.63, 3.8) is 0 Å². The van der Waals surface area contributed by atoms with E-state index in [0.717, 1.165) is 31.6 Å². The molecule has 2 heterocycles. The van der Waals surface area contributed by atoms with E-state index in [4.69, 9.17) is 4.74 Å². The number of ether oxygens (including phenoxy) is 1. The maximum atomic E-state index is 10.4. The van der Waals surface area contributed by atoms with Crippen LogP contribution >= 0.6 is 0 Å². The summed E-state index contributed by atoms with van der Waals surface area (Å²) in [4.78, 5) is 6.58. The van der Waals surface area contributed by atoms with Gasteiger partial charge in [0.1, 0.15) is 0 Å². The van der Waals surface area contributed by atoms with E-state index in [1.165, 1.54) is 22.3 Å². The van der Waals surface area contributed by atoms with E-state index >= 15 is 0 Å². The van der Waals surface area contributed by atoms with E-state index in [9.17, 15) is 5.11 Å². The molecule has 1 aromatic heterocycles. The number of aliphatic hydroxyl groups is 1. The minimum absolute atomic E-state index is 0.328. The van der Waals surface area contributed by atoms with Gasteiger partial charge in [0.05, 0.1) is 25.0 Å². The minimum Gasteiger partial charge on any atom is -0.389 e. The molecule has 3 aromatic rings. The highest BCUT2D eigenvalue weighted by Crippen LogP contribution is 2.32. The Morgan fingerprint density at radius 3 is 2.06 bits per heavy atom. The van der Waals surface area contributed by atoms with Crippen molar-refractivity contribution in [1.29, 1.82) is 0 Å². The topological polar surface area (TPSA) is 45.6 Å². The molecule has 0 radical (unpaired) electrons. The molecule has 0 aliphatic carbocycles. The standard InChI is InChI=1S/C27H30N2O2/c30-26(21-31-20-25-13-7-8-16-28-25)19-29-17-14-24(15-18-29)27(22-9-3-1-4-10-22)23-11-5-2-6-12-23/h1-13,16,26,30H,14-15,17-21H2. The summed E-state index contributed by atoms with van der Waals surface area (Å²) in [5, 5.41) is 10.4. The second-order valence-corrected chi connectivity index (χ2v) is 8.00. The SMILES string of the molecule is OC(COCc1ccccn1)CN1CCC(=C(c2ccccc2)c2ccccc2)CC1. The molecule has 1 aliphatic rings. The van der Waals surface area contributed by atoms with E-state index < -0.39 is 6.10 Å². The fourth-order valence-electron chi connectivity index (χ4n) is 4.17. The van der Waals surface area contributed by atoms with Crippen molar-refractivity contribution in [2.75, 3.05) is 26.2 Å². The molecule has 1 saturated heterocycles. The van der Waals surface area contributed by atoms with E-state index in [-0.39, 0.29) is 0 Å². The fourth-order valence-corrected chi connectivity index (χ4v) is 4.17. The number of benzene rings is 2. The third-order valence-corrected chi connectivity index (χ3v) is 5.69. The zero-order chi connectivity index (χ0) is 21.3. The third kappa shape index (κ3) is 6.11. The molecule has 1 aliphatic heterocycles. The molecule has 4 nitrogen and oxygen atoms in total. The monoisotopic (exact) mass is 414 g/mol. The van der Waals surface area contributed by atoms with Gasteiger partial charge in [-0.25, -0.2) is 0 Å². The third-order valence-electron chi connectivity index (χ3n) is 5.69. The van der Waals surface area contributed by atoms with Crippen LogP contribution in [0, 0.1) is 0 Å². The van der Waals surface area contributed by atoms with Crippen LogP contribution in [0.5, 0.6) is 0 Å². The van der Waals surface area contributed by atoms with Crippen LogP contribution in [0.25, 0.3) is 5.57 Å². The number of hydrogen-bond donors (Lipinski definition) is 1. The van der Waals surface area contributed by atoms with Crippen molar-refractivity contribution in [1.82, 2.24) is 9.88 Å². The van der Waals surface area contributed by atoms with Crippen molar-refractivity contribution >= 4 is 5.57 Å². The van der Waals surface area contributed by atoms with Gasteiger partial charge in [-0.1, -0.05) is 72.3 Å². The second-order valence-electron chi connectivity index (χ2n) is 8.00. The van der Waals surface area contributed by atoms with Crippen LogP contribution in [0.2, 0.25) is 0 Å². The first-order valence-corrected chi connectivity index (χ1v) is 11.0. The average molecular weight is 415 g/mol. The number of likely N-dealkylation sites (tertiary alicyclic amines) is 1. The Labute approximate surface area is 184 Å². The molecule has 0 bridgehead atoms. The lowest BCUT2D eigenvalue weighted by atomic mass is 9.88. The maximum Gasteiger partial charge on any atom is 0.0900 e. The quantitative estimate of drug-likeness (QED) is 0.587. The molecule has 4 rings (SSSR count). The van der Waals surface area contributed by atoms with Crippen molar-refractivity contribution < 1.29 is 9.84 Å². The van der Waals surface area contributed by atoms with Crippen molar-refractivity contribution in [2.24, 2.45) is 0 Å². The van der Waals surface area contributed by atoms with Gasteiger partial charge >= 0.3 is 0 Å². The summed E-state index contributed by atoms with van der Waals surface area (Å²) >= 11 is 0. The Morgan fingerprint density at radius 1 is 0.871 bits per heavy atom. The number of aromatic nitrogens is 1. The second kappa shape index (κ2) is 11.0. The Bertz CT molecular complexity index is 907. The number of pyridine rings is 1. The first-order chi connectivity index (χ1) is 15.3. The highest BCUT2D eigenvalue weighted by atomic mass is 16.5. The maximum absolute atomic E-state index is 10.4. The Morgan fingerprint density at radius 2 is 1.48 bits per heavy atom. The predicted molar refractivity (Wildman–Crippen MR) is 124 cm³/mol. The first kappa shape index (κ1) is 21.4. The lowest BCUT2D eigenvalue weighted by Gasteiger charge is -2.31. The van der Waals surface area contributed by atoms with Crippen LogP contribution in [0.3, 0.4) is 0 Å². The van der Waals surface area contributed by atoms with Gasteiger partial charge in [-0.3, -0.25) is 4.98 Å². The van der Waals surface area contributed by atoms with Crippen LogP contribution < -0.4 is 0 Å². The molecule has 31 heavy (non-hydrogen) atoms.